The lowest BCUT2D eigenvalue weighted by Crippen LogP contribution is -2.51. The summed E-state index contributed by atoms with van der Waals surface area (Å²) in [5, 5.41) is 11.2. The summed E-state index contributed by atoms with van der Waals surface area (Å²) >= 11 is 0. The van der Waals surface area contributed by atoms with Crippen LogP contribution in [0.3, 0.4) is 0 Å². The maximum Gasteiger partial charge on any atom is 0.286 e. The fourth-order valence-corrected chi connectivity index (χ4v) is 4.54. The third-order valence-electron chi connectivity index (χ3n) is 6.46. The molecule has 1 saturated carbocycles. The van der Waals surface area contributed by atoms with E-state index in [1.54, 1.807) is 19.2 Å². The Hall–Kier alpha value is -3.36. The van der Waals surface area contributed by atoms with Crippen LogP contribution in [0.1, 0.15) is 44.6 Å². The van der Waals surface area contributed by atoms with Crippen molar-refractivity contribution in [2.45, 2.75) is 57.2 Å². The number of hydrogen-bond donors (Lipinski definition) is 2. The Bertz CT molecular complexity index is 965. The number of nitrogens with zero attached hydrogens (tertiary/aromatic N) is 2. The Morgan fingerprint density at radius 2 is 1.88 bits per heavy atom. The van der Waals surface area contributed by atoms with Crippen LogP contribution in [0.2, 0.25) is 0 Å². The number of amidine groups is 1. The largest absolute Gasteiger partial charge is 0.348 e. The molecule has 2 heterocycles. The number of halogens is 1. The van der Waals surface area contributed by atoms with Crippen molar-refractivity contribution in [3.63, 3.8) is 0 Å². The number of hydrogen-bond acceptors (Lipinski definition) is 5. The second kappa shape index (κ2) is 9.42. The zero-order valence-corrected chi connectivity index (χ0v) is 18.2. The van der Waals surface area contributed by atoms with Gasteiger partial charge in [0.15, 0.2) is 0 Å². The van der Waals surface area contributed by atoms with Crippen LogP contribution in [0.4, 0.5) is 4.39 Å². The molecule has 0 atom stereocenters. The molecule has 3 amide bonds. The van der Waals surface area contributed by atoms with Crippen molar-refractivity contribution in [3.05, 3.63) is 47.3 Å². The normalized spacial score (nSPS) is 22.8. The molecule has 3 fully saturated rings. The summed E-state index contributed by atoms with van der Waals surface area (Å²) in [4.78, 5) is 51.2. The minimum atomic E-state index is -0.648. The van der Waals surface area contributed by atoms with Crippen LogP contribution in [0, 0.1) is 11.2 Å². The molecular weight excluding hydrogens is 415 g/mol. The van der Waals surface area contributed by atoms with Gasteiger partial charge in [-0.2, -0.15) is 0 Å². The molecule has 3 aliphatic rings. The Morgan fingerprint density at radius 3 is 2.47 bits per heavy atom. The lowest BCUT2D eigenvalue weighted by molar-refractivity contribution is -0.143. The molecular formula is C23H27FN4O4. The molecule has 0 spiro atoms. The molecule has 8 nitrogen and oxygen atoms in total. The molecule has 1 aromatic rings. The highest BCUT2D eigenvalue weighted by Crippen LogP contribution is 2.42. The molecule has 32 heavy (non-hydrogen) atoms. The quantitative estimate of drug-likeness (QED) is 0.398. The highest BCUT2D eigenvalue weighted by Gasteiger charge is 2.48. The van der Waals surface area contributed by atoms with Gasteiger partial charge in [0.25, 0.3) is 11.8 Å². The minimum absolute atomic E-state index is 0.0834. The zero-order chi connectivity index (χ0) is 23.5. The molecule has 1 aromatic carbocycles. The van der Waals surface area contributed by atoms with Crippen LogP contribution < -0.4 is 5.32 Å². The third-order valence-corrected chi connectivity index (χ3v) is 6.46. The van der Waals surface area contributed by atoms with Crippen molar-refractivity contribution in [1.82, 2.24) is 15.1 Å². The highest BCUT2D eigenvalue weighted by molar-refractivity contribution is 6.23. The highest BCUT2D eigenvalue weighted by atomic mass is 19.1. The van der Waals surface area contributed by atoms with Crippen LogP contribution in [-0.4, -0.2) is 58.3 Å². The first kappa shape index (κ1) is 23.3. The van der Waals surface area contributed by atoms with Crippen molar-refractivity contribution >= 4 is 29.8 Å². The molecule has 0 radical (unpaired) electrons. The average Bonchev–Trinajstić information content (AvgIpc) is 3.02. The van der Waals surface area contributed by atoms with Crippen molar-refractivity contribution in [2.24, 2.45) is 0 Å². The van der Waals surface area contributed by atoms with Gasteiger partial charge < -0.3 is 10.2 Å². The van der Waals surface area contributed by atoms with E-state index >= 15 is 0 Å². The van der Waals surface area contributed by atoms with E-state index in [0.717, 1.165) is 5.56 Å². The molecule has 0 unspecified atom stereocenters. The first-order valence-corrected chi connectivity index (χ1v) is 10.5. The summed E-state index contributed by atoms with van der Waals surface area (Å²) in [5.41, 5.74) is 0.274. The molecule has 4 rings (SSSR count). The number of fused-ring (bicyclic) bond motifs is 4. The van der Waals surface area contributed by atoms with Gasteiger partial charge in [0.05, 0.1) is 5.54 Å². The van der Waals surface area contributed by atoms with Gasteiger partial charge in [0, 0.05) is 37.7 Å². The van der Waals surface area contributed by atoms with Crippen molar-refractivity contribution in [3.8, 4) is 0 Å². The number of benzene rings is 1. The zero-order valence-electron chi connectivity index (χ0n) is 18.2. The summed E-state index contributed by atoms with van der Waals surface area (Å²) in [6, 6.07) is 5.55. The molecule has 2 N–H and O–H groups in total. The van der Waals surface area contributed by atoms with Crippen LogP contribution in [0.15, 0.2) is 35.9 Å². The summed E-state index contributed by atoms with van der Waals surface area (Å²) < 4.78 is 13.0. The number of aldehydes is 1. The van der Waals surface area contributed by atoms with Gasteiger partial charge in [-0.05, 0) is 50.3 Å². The second-order valence-corrected chi connectivity index (χ2v) is 8.44. The first-order valence-electron chi connectivity index (χ1n) is 10.5. The molecule has 170 valence electrons. The lowest BCUT2D eigenvalue weighted by atomic mass is 9.78. The number of rotatable bonds is 6. The minimum Gasteiger partial charge on any atom is -0.348 e. The maximum absolute atomic E-state index is 13.1. The molecule has 2 saturated heterocycles. The fourth-order valence-electron chi connectivity index (χ4n) is 4.54. The van der Waals surface area contributed by atoms with Gasteiger partial charge >= 0.3 is 0 Å². The topological polar surface area (TPSA) is 111 Å². The average molecular weight is 442 g/mol. The van der Waals surface area contributed by atoms with Gasteiger partial charge in [-0.3, -0.25) is 29.5 Å². The van der Waals surface area contributed by atoms with E-state index in [-0.39, 0.29) is 42.5 Å². The SMILES string of the molecule is C/C(=C\C(=O)NCc1ccc(F)cc1)C(=O)N1C(=N)CC2(N(C)C(=O)C=O)CCC1CC2. The second-order valence-electron chi connectivity index (χ2n) is 8.44. The van der Waals surface area contributed by atoms with Crippen LogP contribution in [0.25, 0.3) is 0 Å². The summed E-state index contributed by atoms with van der Waals surface area (Å²) in [6.07, 6.45) is 4.06. The number of amides is 3. The van der Waals surface area contributed by atoms with E-state index in [9.17, 15) is 23.6 Å². The standard InChI is InChI=1S/C23H27FN4O4/c1-15(11-20(30)26-13-16-3-5-17(24)6-4-16)22(32)28-18-7-9-23(10-8-18,12-19(28)25)27(2)21(31)14-29/h3-6,11,14,18,25H,7-10,12-13H2,1-2H3,(H,26,30)/b15-11+,25-19?. The van der Waals surface area contributed by atoms with Gasteiger partial charge in [-0.25, -0.2) is 4.39 Å². The van der Waals surface area contributed by atoms with E-state index in [1.807, 2.05) is 0 Å². The Balaban J connectivity index is 1.69. The van der Waals surface area contributed by atoms with Gasteiger partial charge in [-0.1, -0.05) is 12.1 Å². The third kappa shape index (κ3) is 4.76. The summed E-state index contributed by atoms with van der Waals surface area (Å²) in [7, 11) is 1.57. The number of carbonyl (C=O) groups is 4. The van der Waals surface area contributed by atoms with E-state index < -0.39 is 23.3 Å². The van der Waals surface area contributed by atoms with E-state index in [2.05, 4.69) is 5.32 Å². The molecule has 0 aromatic heterocycles. The first-order chi connectivity index (χ1) is 15.2. The fraction of sp³-hybridized carbons (Fsp3) is 0.435. The van der Waals surface area contributed by atoms with Crippen LogP contribution >= 0.6 is 0 Å². The lowest BCUT2D eigenvalue weighted by Gasteiger charge is -2.42. The Labute approximate surface area is 186 Å². The molecule has 2 bridgehead atoms. The summed E-state index contributed by atoms with van der Waals surface area (Å²) in [5.74, 6) is -1.79. The van der Waals surface area contributed by atoms with Gasteiger partial charge in [-0.15, -0.1) is 0 Å². The van der Waals surface area contributed by atoms with Crippen LogP contribution in [-0.2, 0) is 25.7 Å². The molecule has 1 aliphatic carbocycles. The number of nitrogens with one attached hydrogen (secondary N) is 2. The van der Waals surface area contributed by atoms with Crippen molar-refractivity contribution < 1.29 is 23.6 Å². The monoisotopic (exact) mass is 442 g/mol. The predicted octanol–water partition coefficient (Wildman–Crippen LogP) is 1.94. The Kier molecular flexibility index (Phi) is 6.86. The van der Waals surface area contributed by atoms with E-state index in [0.29, 0.717) is 25.7 Å². The van der Waals surface area contributed by atoms with Crippen LogP contribution in [0.5, 0.6) is 0 Å². The van der Waals surface area contributed by atoms with Crippen molar-refractivity contribution in [1.29, 1.82) is 5.41 Å². The number of likely N-dealkylation sites (N-methyl/N-ethyl adjacent to an activating group) is 1. The number of carbonyl (C=O) groups excluding carboxylic acids is 4. The van der Waals surface area contributed by atoms with Gasteiger partial charge in [0.2, 0.25) is 12.2 Å². The molecule has 9 heteroatoms. The predicted molar refractivity (Wildman–Crippen MR) is 115 cm³/mol. The van der Waals surface area contributed by atoms with E-state index in [4.69, 9.17) is 5.41 Å². The maximum atomic E-state index is 13.1. The van der Waals surface area contributed by atoms with E-state index in [1.165, 1.54) is 34.9 Å². The van der Waals surface area contributed by atoms with Crippen molar-refractivity contribution in [2.75, 3.05) is 7.05 Å². The van der Waals surface area contributed by atoms with Gasteiger partial charge in [0.1, 0.15) is 11.7 Å². The summed E-state index contributed by atoms with van der Waals surface area (Å²) in [6.45, 7) is 1.72. The Morgan fingerprint density at radius 1 is 1.25 bits per heavy atom. The smallest absolute Gasteiger partial charge is 0.286 e. The molecule has 2 aliphatic heterocycles.